The lowest BCUT2D eigenvalue weighted by molar-refractivity contribution is 0.0811. The second-order valence-electron chi connectivity index (χ2n) is 4.94. The van der Waals surface area contributed by atoms with Crippen LogP contribution < -0.4 is 10.1 Å². The molecule has 5 heteroatoms. The minimum Gasteiger partial charge on any atom is -0.475 e. The highest BCUT2D eigenvalue weighted by atomic mass is 16.5. The second-order valence-corrected chi connectivity index (χ2v) is 4.94. The van der Waals surface area contributed by atoms with E-state index in [9.17, 15) is 0 Å². The molecule has 1 aromatic heterocycles. The number of nitrogens with zero attached hydrogens (tertiary/aromatic N) is 2. The van der Waals surface area contributed by atoms with Crippen molar-refractivity contribution in [3.8, 4) is 5.88 Å². The predicted molar refractivity (Wildman–Crippen MR) is 80.2 cm³/mol. The molecule has 0 amide bonds. The number of ether oxygens (including phenoxy) is 2. The Bertz CT molecular complexity index is 558. The summed E-state index contributed by atoms with van der Waals surface area (Å²) in [6.45, 7) is 6.04. The van der Waals surface area contributed by atoms with Crippen molar-refractivity contribution in [2.24, 2.45) is 5.92 Å². The lowest BCUT2D eigenvalue weighted by atomic mass is 10.2. The van der Waals surface area contributed by atoms with Crippen LogP contribution in [0.1, 0.15) is 13.8 Å². The molecule has 0 radical (unpaired) electrons. The van der Waals surface area contributed by atoms with Crippen molar-refractivity contribution in [3.63, 3.8) is 0 Å². The smallest absolute Gasteiger partial charge is 0.226 e. The maximum Gasteiger partial charge on any atom is 0.226 e. The van der Waals surface area contributed by atoms with Crippen molar-refractivity contribution < 1.29 is 9.47 Å². The third-order valence-corrected chi connectivity index (χ3v) is 2.71. The van der Waals surface area contributed by atoms with E-state index in [1.54, 1.807) is 7.05 Å². The molecular weight excluding hydrogens is 254 g/mol. The molecule has 2 aromatic rings. The number of hydrogen-bond acceptors (Lipinski definition) is 5. The first kappa shape index (κ1) is 14.5. The quantitative estimate of drug-likeness (QED) is 0.787. The standard InChI is InChI=1S/C15H21N3O2/c1-11(2)10-19-8-9-20-14-12-6-4-5-7-13(12)17-15(16-3)18-14/h4-7,11H,8-10H2,1-3H3,(H,16,17,18). The zero-order chi connectivity index (χ0) is 14.4. The average Bonchev–Trinajstić information content (AvgIpc) is 2.46. The fourth-order valence-corrected chi connectivity index (χ4v) is 1.79. The van der Waals surface area contributed by atoms with Gasteiger partial charge in [0.1, 0.15) is 6.61 Å². The first-order valence-corrected chi connectivity index (χ1v) is 6.85. The first-order chi connectivity index (χ1) is 9.70. The van der Waals surface area contributed by atoms with E-state index >= 15 is 0 Å². The van der Waals surface area contributed by atoms with Gasteiger partial charge >= 0.3 is 0 Å². The number of anilines is 1. The largest absolute Gasteiger partial charge is 0.475 e. The van der Waals surface area contributed by atoms with E-state index in [-0.39, 0.29) is 0 Å². The second kappa shape index (κ2) is 7.05. The molecule has 0 saturated carbocycles. The molecule has 108 valence electrons. The van der Waals surface area contributed by atoms with Crippen molar-refractivity contribution in [2.75, 3.05) is 32.2 Å². The van der Waals surface area contributed by atoms with Gasteiger partial charge in [-0.2, -0.15) is 4.98 Å². The lowest BCUT2D eigenvalue weighted by Gasteiger charge is -2.11. The predicted octanol–water partition coefficient (Wildman–Crippen LogP) is 2.72. The maximum absolute atomic E-state index is 5.73. The number of benzene rings is 1. The highest BCUT2D eigenvalue weighted by molar-refractivity contribution is 5.84. The molecule has 2 rings (SSSR count). The number of aromatic nitrogens is 2. The summed E-state index contributed by atoms with van der Waals surface area (Å²) in [6, 6.07) is 7.80. The van der Waals surface area contributed by atoms with Crippen LogP contribution in [0.3, 0.4) is 0 Å². The van der Waals surface area contributed by atoms with E-state index in [1.165, 1.54) is 0 Å². The molecule has 0 atom stereocenters. The Morgan fingerprint density at radius 2 is 1.95 bits per heavy atom. The van der Waals surface area contributed by atoms with E-state index in [4.69, 9.17) is 9.47 Å². The van der Waals surface area contributed by atoms with Gasteiger partial charge in [0, 0.05) is 13.7 Å². The van der Waals surface area contributed by atoms with Gasteiger partial charge in [-0.25, -0.2) is 4.98 Å². The van der Waals surface area contributed by atoms with E-state index in [0.717, 1.165) is 17.5 Å². The van der Waals surface area contributed by atoms with Crippen LogP contribution in [-0.4, -0.2) is 36.8 Å². The highest BCUT2D eigenvalue weighted by Crippen LogP contribution is 2.23. The van der Waals surface area contributed by atoms with Crippen molar-refractivity contribution in [1.82, 2.24) is 9.97 Å². The minimum atomic E-state index is 0.483. The normalized spacial score (nSPS) is 11.0. The molecular formula is C15H21N3O2. The first-order valence-electron chi connectivity index (χ1n) is 6.85. The summed E-state index contributed by atoms with van der Waals surface area (Å²) >= 11 is 0. The molecule has 0 aliphatic carbocycles. The molecule has 0 fully saturated rings. The summed E-state index contributed by atoms with van der Waals surface area (Å²) in [6.07, 6.45) is 0. The number of hydrogen-bond donors (Lipinski definition) is 1. The van der Waals surface area contributed by atoms with Crippen molar-refractivity contribution in [2.45, 2.75) is 13.8 Å². The lowest BCUT2D eigenvalue weighted by Crippen LogP contribution is -2.11. The molecule has 0 aliphatic heterocycles. The topological polar surface area (TPSA) is 56.3 Å². The van der Waals surface area contributed by atoms with Gasteiger partial charge in [-0.1, -0.05) is 26.0 Å². The highest BCUT2D eigenvalue weighted by Gasteiger charge is 2.07. The van der Waals surface area contributed by atoms with Crippen LogP contribution in [0.5, 0.6) is 5.88 Å². The van der Waals surface area contributed by atoms with Crippen molar-refractivity contribution in [3.05, 3.63) is 24.3 Å². The molecule has 20 heavy (non-hydrogen) atoms. The molecule has 0 bridgehead atoms. The van der Waals surface area contributed by atoms with Gasteiger partial charge in [-0.05, 0) is 18.1 Å². The Kier molecular flexibility index (Phi) is 5.12. The van der Waals surface area contributed by atoms with Gasteiger partial charge in [-0.15, -0.1) is 0 Å². The van der Waals surface area contributed by atoms with Crippen LogP contribution in [0.15, 0.2) is 24.3 Å². The number of fused-ring (bicyclic) bond motifs is 1. The zero-order valence-electron chi connectivity index (χ0n) is 12.2. The minimum absolute atomic E-state index is 0.483. The van der Waals surface area contributed by atoms with E-state index in [2.05, 4.69) is 29.1 Å². The van der Waals surface area contributed by atoms with Gasteiger partial charge < -0.3 is 14.8 Å². The Morgan fingerprint density at radius 3 is 2.70 bits per heavy atom. The molecule has 0 spiro atoms. The van der Waals surface area contributed by atoms with Crippen LogP contribution >= 0.6 is 0 Å². The third-order valence-electron chi connectivity index (χ3n) is 2.71. The van der Waals surface area contributed by atoms with Gasteiger partial charge in [-0.3, -0.25) is 0 Å². The van der Waals surface area contributed by atoms with Crippen molar-refractivity contribution in [1.29, 1.82) is 0 Å². The van der Waals surface area contributed by atoms with E-state index in [1.807, 2.05) is 24.3 Å². The fraction of sp³-hybridized carbons (Fsp3) is 0.467. The summed E-state index contributed by atoms with van der Waals surface area (Å²) < 4.78 is 11.2. The van der Waals surface area contributed by atoms with E-state index in [0.29, 0.717) is 31.0 Å². The Labute approximate surface area is 119 Å². The summed E-state index contributed by atoms with van der Waals surface area (Å²) in [5, 5.41) is 3.85. The average molecular weight is 275 g/mol. The van der Waals surface area contributed by atoms with Gasteiger partial charge in [0.2, 0.25) is 11.8 Å². The molecule has 1 aromatic carbocycles. The third kappa shape index (κ3) is 3.81. The Morgan fingerprint density at radius 1 is 1.15 bits per heavy atom. The van der Waals surface area contributed by atoms with Gasteiger partial charge in [0.05, 0.1) is 17.5 Å². The Hall–Kier alpha value is -1.88. The molecule has 5 nitrogen and oxygen atoms in total. The van der Waals surface area contributed by atoms with Gasteiger partial charge in [0.15, 0.2) is 0 Å². The summed E-state index contributed by atoms with van der Waals surface area (Å²) in [4.78, 5) is 8.74. The number of para-hydroxylation sites is 1. The summed E-state index contributed by atoms with van der Waals surface area (Å²) in [5.74, 6) is 1.68. The molecule has 0 aliphatic rings. The molecule has 1 heterocycles. The van der Waals surface area contributed by atoms with Crippen LogP contribution in [0.4, 0.5) is 5.95 Å². The van der Waals surface area contributed by atoms with Gasteiger partial charge in [0.25, 0.3) is 0 Å². The van der Waals surface area contributed by atoms with E-state index < -0.39 is 0 Å². The number of nitrogens with one attached hydrogen (secondary N) is 1. The summed E-state index contributed by atoms with van der Waals surface area (Å²) in [5.41, 5.74) is 0.866. The summed E-state index contributed by atoms with van der Waals surface area (Å²) in [7, 11) is 1.79. The zero-order valence-corrected chi connectivity index (χ0v) is 12.2. The van der Waals surface area contributed by atoms with Crippen molar-refractivity contribution >= 4 is 16.9 Å². The molecule has 1 N–H and O–H groups in total. The van der Waals surface area contributed by atoms with Crippen LogP contribution in [0.2, 0.25) is 0 Å². The Balaban J connectivity index is 2.04. The molecule has 0 saturated heterocycles. The molecule has 0 unspecified atom stereocenters. The van der Waals surface area contributed by atoms with Crippen LogP contribution in [-0.2, 0) is 4.74 Å². The fourth-order valence-electron chi connectivity index (χ4n) is 1.79. The van der Waals surface area contributed by atoms with Crippen LogP contribution in [0, 0.1) is 5.92 Å². The maximum atomic E-state index is 5.73. The monoisotopic (exact) mass is 275 g/mol. The SMILES string of the molecule is CNc1nc(OCCOCC(C)C)c2ccccc2n1. The number of rotatable bonds is 7. The van der Waals surface area contributed by atoms with Crippen LogP contribution in [0.25, 0.3) is 10.9 Å².